The maximum absolute atomic E-state index is 12.0. The summed E-state index contributed by atoms with van der Waals surface area (Å²) in [7, 11) is 0. The minimum atomic E-state index is -0.945. The van der Waals surface area contributed by atoms with E-state index in [0.29, 0.717) is 16.3 Å². The van der Waals surface area contributed by atoms with Crippen molar-refractivity contribution in [2.75, 3.05) is 5.32 Å². The fourth-order valence-corrected chi connectivity index (χ4v) is 2.20. The van der Waals surface area contributed by atoms with Crippen LogP contribution in [0.15, 0.2) is 42.5 Å². The largest absolute Gasteiger partial charge is 0.481 e. The first kappa shape index (κ1) is 20.0. The Kier molecular flexibility index (Phi) is 6.56. The summed E-state index contributed by atoms with van der Waals surface area (Å²) in [5.74, 6) is -0.325. The number of non-ortho nitro benzene ring substituents is 1. The van der Waals surface area contributed by atoms with Gasteiger partial charge in [-0.3, -0.25) is 20.3 Å². The number of carbonyl (C=O) groups excluding carboxylic acids is 2. The second kappa shape index (κ2) is 8.86. The van der Waals surface area contributed by atoms with Crippen LogP contribution in [0.3, 0.4) is 0 Å². The Hall–Kier alpha value is -3.33. The molecule has 1 atom stereocenters. The average Bonchev–Trinajstić information content (AvgIpc) is 2.64. The number of ether oxygens (including phenoxy) is 1. The van der Waals surface area contributed by atoms with E-state index in [0.717, 1.165) is 0 Å². The van der Waals surface area contributed by atoms with Crippen molar-refractivity contribution >= 4 is 34.9 Å². The normalized spacial score (nSPS) is 11.2. The van der Waals surface area contributed by atoms with Gasteiger partial charge in [-0.25, -0.2) is 10.2 Å². The first-order valence-electron chi connectivity index (χ1n) is 7.81. The van der Waals surface area contributed by atoms with Crippen LogP contribution in [0.1, 0.15) is 12.5 Å². The molecule has 0 saturated heterocycles. The zero-order valence-corrected chi connectivity index (χ0v) is 15.2. The van der Waals surface area contributed by atoms with E-state index in [1.165, 1.54) is 31.2 Å². The number of hydrazine groups is 1. The lowest BCUT2D eigenvalue weighted by atomic mass is 10.2. The van der Waals surface area contributed by atoms with E-state index in [9.17, 15) is 19.7 Å². The first-order valence-corrected chi connectivity index (χ1v) is 8.19. The van der Waals surface area contributed by atoms with E-state index >= 15 is 0 Å². The third-order valence-electron chi connectivity index (χ3n) is 3.54. The maximum Gasteiger partial charge on any atom is 0.337 e. The second-order valence-corrected chi connectivity index (χ2v) is 5.90. The van der Waals surface area contributed by atoms with Crippen LogP contribution in [-0.2, 0) is 4.79 Å². The van der Waals surface area contributed by atoms with Crippen molar-refractivity contribution in [1.29, 1.82) is 0 Å². The molecule has 0 fully saturated rings. The van der Waals surface area contributed by atoms with E-state index in [2.05, 4.69) is 16.2 Å². The number of hydrogen-bond acceptors (Lipinski definition) is 5. The second-order valence-electron chi connectivity index (χ2n) is 5.49. The molecule has 142 valence electrons. The zero-order valence-electron chi connectivity index (χ0n) is 14.5. The topological polar surface area (TPSA) is 123 Å². The Labute approximate surface area is 159 Å². The van der Waals surface area contributed by atoms with Gasteiger partial charge in [-0.2, -0.15) is 0 Å². The van der Waals surface area contributed by atoms with E-state index in [4.69, 9.17) is 16.3 Å². The minimum Gasteiger partial charge on any atom is -0.481 e. The molecule has 0 aliphatic carbocycles. The Morgan fingerprint density at radius 1 is 1.15 bits per heavy atom. The maximum atomic E-state index is 12.0. The number of nitrogens with one attached hydrogen (secondary N) is 3. The highest BCUT2D eigenvalue weighted by Gasteiger charge is 2.16. The van der Waals surface area contributed by atoms with E-state index in [1.807, 2.05) is 0 Å². The molecule has 27 heavy (non-hydrogen) atoms. The van der Waals surface area contributed by atoms with Crippen LogP contribution in [-0.4, -0.2) is 23.0 Å². The molecule has 0 spiro atoms. The summed E-state index contributed by atoms with van der Waals surface area (Å²) in [6, 6.07) is 9.67. The molecule has 0 aromatic heterocycles. The van der Waals surface area contributed by atoms with Crippen molar-refractivity contribution in [1.82, 2.24) is 10.9 Å². The van der Waals surface area contributed by atoms with Gasteiger partial charge >= 0.3 is 6.03 Å². The molecule has 0 bridgehead atoms. The molecule has 10 heteroatoms. The first-order chi connectivity index (χ1) is 12.8. The van der Waals surface area contributed by atoms with Crippen LogP contribution in [0, 0.1) is 17.0 Å². The summed E-state index contributed by atoms with van der Waals surface area (Å²) in [6.45, 7) is 3.22. The van der Waals surface area contributed by atoms with Crippen molar-refractivity contribution < 1.29 is 19.2 Å². The van der Waals surface area contributed by atoms with Gasteiger partial charge in [0.1, 0.15) is 5.75 Å². The van der Waals surface area contributed by atoms with Crippen molar-refractivity contribution in [3.05, 3.63) is 63.2 Å². The highest BCUT2D eigenvalue weighted by atomic mass is 35.5. The van der Waals surface area contributed by atoms with Gasteiger partial charge in [0.2, 0.25) is 0 Å². The molecule has 0 aliphatic heterocycles. The molecular formula is C17H17ClN4O5. The van der Waals surface area contributed by atoms with Gasteiger partial charge in [-0.1, -0.05) is 17.7 Å². The minimum absolute atomic E-state index is 0.0888. The number of hydrogen-bond donors (Lipinski definition) is 3. The monoisotopic (exact) mass is 392 g/mol. The predicted octanol–water partition coefficient (Wildman–Crippen LogP) is 3.18. The standard InChI is InChI=1S/C17H17ClN4O5/c1-10-14(18)4-3-5-15(10)19-17(24)21-20-16(23)11(2)27-13-8-6-12(7-9-13)22(25)26/h3-9,11H,1-2H3,(H,20,23)(H2,19,21,24)/t11-/m1/s1. The van der Waals surface area contributed by atoms with Gasteiger partial charge in [-0.05, 0) is 43.7 Å². The van der Waals surface area contributed by atoms with E-state index in [1.54, 1.807) is 25.1 Å². The number of nitrogens with zero attached hydrogens (tertiary/aromatic N) is 1. The van der Waals surface area contributed by atoms with Crippen molar-refractivity contribution in [3.8, 4) is 5.75 Å². The molecule has 2 aromatic carbocycles. The number of halogens is 1. The van der Waals surface area contributed by atoms with Crippen molar-refractivity contribution in [2.24, 2.45) is 0 Å². The lowest BCUT2D eigenvalue weighted by Crippen LogP contribution is -2.48. The van der Waals surface area contributed by atoms with E-state index in [-0.39, 0.29) is 11.4 Å². The number of anilines is 1. The zero-order chi connectivity index (χ0) is 20.0. The number of benzene rings is 2. The molecule has 2 rings (SSSR count). The Balaban J connectivity index is 1.84. The molecule has 0 heterocycles. The quantitative estimate of drug-likeness (QED) is 0.532. The highest BCUT2D eigenvalue weighted by Crippen LogP contribution is 2.22. The van der Waals surface area contributed by atoms with Crippen LogP contribution in [0.25, 0.3) is 0 Å². The third-order valence-corrected chi connectivity index (χ3v) is 3.95. The molecular weight excluding hydrogens is 376 g/mol. The molecule has 0 unspecified atom stereocenters. The average molecular weight is 393 g/mol. The van der Waals surface area contributed by atoms with Gasteiger partial charge in [0.15, 0.2) is 6.10 Å². The smallest absolute Gasteiger partial charge is 0.337 e. The summed E-state index contributed by atoms with van der Waals surface area (Å²) >= 11 is 5.98. The van der Waals surface area contributed by atoms with E-state index < -0.39 is 23.0 Å². The summed E-state index contributed by atoms with van der Waals surface area (Å²) in [6.07, 6.45) is -0.945. The Morgan fingerprint density at radius 2 is 1.81 bits per heavy atom. The SMILES string of the molecule is Cc1c(Cl)cccc1NC(=O)NNC(=O)[C@@H](C)Oc1ccc([N+](=O)[O-])cc1. The van der Waals surface area contributed by atoms with Crippen LogP contribution >= 0.6 is 11.6 Å². The van der Waals surface area contributed by atoms with Gasteiger partial charge < -0.3 is 10.1 Å². The fourth-order valence-electron chi connectivity index (χ4n) is 2.02. The summed E-state index contributed by atoms with van der Waals surface area (Å²) in [5.41, 5.74) is 5.53. The van der Waals surface area contributed by atoms with Gasteiger partial charge in [0.05, 0.1) is 4.92 Å². The lowest BCUT2D eigenvalue weighted by Gasteiger charge is -2.16. The third kappa shape index (κ3) is 5.58. The summed E-state index contributed by atoms with van der Waals surface area (Å²) < 4.78 is 5.37. The van der Waals surface area contributed by atoms with Crippen molar-refractivity contribution in [2.45, 2.75) is 20.0 Å². The van der Waals surface area contributed by atoms with Crippen molar-refractivity contribution in [3.63, 3.8) is 0 Å². The number of carbonyl (C=O) groups is 2. The molecule has 3 amide bonds. The Bertz CT molecular complexity index is 857. The van der Waals surface area contributed by atoms with Crippen LogP contribution in [0.5, 0.6) is 5.75 Å². The highest BCUT2D eigenvalue weighted by molar-refractivity contribution is 6.31. The van der Waals surface area contributed by atoms with Gasteiger partial charge in [-0.15, -0.1) is 0 Å². The van der Waals surface area contributed by atoms with Gasteiger partial charge in [0.25, 0.3) is 11.6 Å². The number of rotatable bonds is 5. The molecule has 0 aliphatic rings. The van der Waals surface area contributed by atoms with Crippen LogP contribution in [0.4, 0.5) is 16.2 Å². The molecule has 3 N–H and O–H groups in total. The predicted molar refractivity (Wildman–Crippen MR) is 99.7 cm³/mol. The summed E-state index contributed by atoms with van der Waals surface area (Å²) in [4.78, 5) is 33.9. The molecule has 0 radical (unpaired) electrons. The van der Waals surface area contributed by atoms with Crippen LogP contribution < -0.4 is 20.9 Å². The van der Waals surface area contributed by atoms with Gasteiger partial charge in [0, 0.05) is 22.8 Å². The molecule has 2 aromatic rings. The van der Waals surface area contributed by atoms with Crippen LogP contribution in [0.2, 0.25) is 5.02 Å². The number of amides is 3. The molecule has 9 nitrogen and oxygen atoms in total. The number of nitro benzene ring substituents is 1. The number of nitro groups is 1. The molecule has 0 saturated carbocycles. The lowest BCUT2D eigenvalue weighted by molar-refractivity contribution is -0.384. The summed E-state index contributed by atoms with van der Waals surface area (Å²) in [5, 5.41) is 13.7. The Morgan fingerprint density at radius 3 is 2.44 bits per heavy atom. The fraction of sp³-hybridized carbons (Fsp3) is 0.176. The number of urea groups is 1.